The van der Waals surface area contributed by atoms with Crippen LogP contribution < -0.4 is 11.3 Å². The maximum absolute atomic E-state index is 6.15. The summed E-state index contributed by atoms with van der Waals surface area (Å²) < 4.78 is 0. The molecule has 0 saturated carbocycles. The summed E-state index contributed by atoms with van der Waals surface area (Å²) in [5, 5.41) is 1.65. The maximum atomic E-state index is 6.15. The van der Waals surface area contributed by atoms with E-state index in [-0.39, 0.29) is 0 Å². The summed E-state index contributed by atoms with van der Waals surface area (Å²) in [6.07, 6.45) is 0. The summed E-state index contributed by atoms with van der Waals surface area (Å²) in [6, 6.07) is 3.84. The Bertz CT molecular complexity index is 564. The normalized spacial score (nSPS) is 10.8. The van der Waals surface area contributed by atoms with Gasteiger partial charge in [0.1, 0.15) is 0 Å². The van der Waals surface area contributed by atoms with Gasteiger partial charge >= 0.3 is 0 Å². The van der Waals surface area contributed by atoms with Gasteiger partial charge in [0.2, 0.25) is 0 Å². The molecule has 3 nitrogen and oxygen atoms in total. The van der Waals surface area contributed by atoms with Gasteiger partial charge < -0.3 is 5.43 Å². The fourth-order valence-corrected chi connectivity index (χ4v) is 2.09. The van der Waals surface area contributed by atoms with Gasteiger partial charge in [-0.1, -0.05) is 17.7 Å². The van der Waals surface area contributed by atoms with Crippen LogP contribution in [0.1, 0.15) is 16.8 Å². The number of nitrogens with zero attached hydrogens (tertiary/aromatic N) is 1. The van der Waals surface area contributed by atoms with Crippen molar-refractivity contribution in [1.29, 1.82) is 0 Å². The first-order valence-corrected chi connectivity index (χ1v) is 5.46. The SMILES string of the molecule is Cc1nc2c(Cl)ccc(C)c2c(NN)c1C. The highest BCUT2D eigenvalue weighted by molar-refractivity contribution is 6.35. The van der Waals surface area contributed by atoms with Crippen molar-refractivity contribution in [1.82, 2.24) is 4.98 Å². The Morgan fingerprint density at radius 2 is 1.94 bits per heavy atom. The molecule has 2 aromatic rings. The van der Waals surface area contributed by atoms with Crippen molar-refractivity contribution in [2.24, 2.45) is 5.84 Å². The number of benzene rings is 1. The number of hydrazine groups is 1. The van der Waals surface area contributed by atoms with Crippen LogP contribution in [0.2, 0.25) is 5.02 Å². The zero-order valence-corrected chi connectivity index (χ0v) is 10.3. The van der Waals surface area contributed by atoms with Crippen molar-refractivity contribution in [3.63, 3.8) is 0 Å². The van der Waals surface area contributed by atoms with Crippen LogP contribution in [0.5, 0.6) is 0 Å². The molecule has 0 radical (unpaired) electrons. The number of hydrogen-bond acceptors (Lipinski definition) is 3. The molecule has 0 aliphatic heterocycles. The molecular formula is C12H14ClN3. The summed E-state index contributed by atoms with van der Waals surface area (Å²) in [6.45, 7) is 5.97. The highest BCUT2D eigenvalue weighted by Crippen LogP contribution is 2.33. The molecule has 0 unspecified atom stereocenters. The van der Waals surface area contributed by atoms with Crippen molar-refractivity contribution in [2.45, 2.75) is 20.8 Å². The molecule has 1 aromatic heterocycles. The Morgan fingerprint density at radius 1 is 1.25 bits per heavy atom. The van der Waals surface area contributed by atoms with E-state index in [4.69, 9.17) is 17.4 Å². The molecule has 0 aliphatic rings. The number of aromatic nitrogens is 1. The summed E-state index contributed by atoms with van der Waals surface area (Å²) >= 11 is 6.15. The number of rotatable bonds is 1. The third-order valence-electron chi connectivity index (χ3n) is 2.93. The van der Waals surface area contributed by atoms with E-state index in [0.717, 1.165) is 33.4 Å². The zero-order chi connectivity index (χ0) is 11.9. The summed E-state index contributed by atoms with van der Waals surface area (Å²) in [5.74, 6) is 5.58. The molecule has 0 saturated heterocycles. The molecule has 3 N–H and O–H groups in total. The Balaban J connectivity index is 3.02. The van der Waals surface area contributed by atoms with E-state index >= 15 is 0 Å². The van der Waals surface area contributed by atoms with Crippen molar-refractivity contribution >= 4 is 28.2 Å². The van der Waals surface area contributed by atoms with Gasteiger partial charge in [0.25, 0.3) is 0 Å². The molecule has 84 valence electrons. The Labute approximate surface area is 99.6 Å². The number of fused-ring (bicyclic) bond motifs is 1. The molecule has 1 aromatic carbocycles. The minimum absolute atomic E-state index is 0.653. The number of hydrogen-bond donors (Lipinski definition) is 2. The Hall–Kier alpha value is -1.32. The largest absolute Gasteiger partial charge is 0.323 e. The quantitative estimate of drug-likeness (QED) is 0.590. The smallest absolute Gasteiger partial charge is 0.0915 e. The van der Waals surface area contributed by atoms with Crippen LogP contribution in [-0.4, -0.2) is 4.98 Å². The zero-order valence-electron chi connectivity index (χ0n) is 9.56. The van der Waals surface area contributed by atoms with Gasteiger partial charge in [-0.15, -0.1) is 0 Å². The first-order chi connectivity index (χ1) is 7.56. The number of anilines is 1. The molecule has 2 rings (SSSR count). The first-order valence-electron chi connectivity index (χ1n) is 5.09. The van der Waals surface area contributed by atoms with Crippen LogP contribution in [0.15, 0.2) is 12.1 Å². The van der Waals surface area contributed by atoms with Crippen LogP contribution in [0, 0.1) is 20.8 Å². The van der Waals surface area contributed by atoms with Gasteiger partial charge in [-0.2, -0.15) is 0 Å². The van der Waals surface area contributed by atoms with Crippen molar-refractivity contribution < 1.29 is 0 Å². The topological polar surface area (TPSA) is 50.9 Å². The van der Waals surface area contributed by atoms with E-state index in [1.807, 2.05) is 32.9 Å². The molecule has 0 bridgehead atoms. The van der Waals surface area contributed by atoms with E-state index in [9.17, 15) is 0 Å². The van der Waals surface area contributed by atoms with Crippen molar-refractivity contribution in [2.75, 3.05) is 5.43 Å². The summed E-state index contributed by atoms with van der Waals surface area (Å²) in [5.41, 5.74) is 7.56. The number of nitrogens with two attached hydrogens (primary N) is 1. The minimum Gasteiger partial charge on any atom is -0.323 e. The van der Waals surface area contributed by atoms with Gasteiger partial charge in [-0.05, 0) is 38.0 Å². The van der Waals surface area contributed by atoms with Gasteiger partial charge in [0.15, 0.2) is 0 Å². The number of halogens is 1. The predicted molar refractivity (Wildman–Crippen MR) is 68.8 cm³/mol. The van der Waals surface area contributed by atoms with E-state index in [1.165, 1.54) is 0 Å². The predicted octanol–water partition coefficient (Wildman–Crippen LogP) is 3.10. The fourth-order valence-electron chi connectivity index (χ4n) is 1.89. The van der Waals surface area contributed by atoms with Gasteiger partial charge in [0.05, 0.1) is 16.2 Å². The number of aryl methyl sites for hydroxylation is 2. The Kier molecular flexibility index (Phi) is 2.74. The first kappa shape index (κ1) is 11.2. The van der Waals surface area contributed by atoms with Gasteiger partial charge in [-0.3, -0.25) is 10.8 Å². The molecule has 0 amide bonds. The molecule has 16 heavy (non-hydrogen) atoms. The number of nitrogens with one attached hydrogen (secondary N) is 1. The number of nitrogen functional groups attached to an aromatic ring is 1. The van der Waals surface area contributed by atoms with E-state index in [2.05, 4.69) is 10.4 Å². The van der Waals surface area contributed by atoms with E-state index in [0.29, 0.717) is 5.02 Å². The lowest BCUT2D eigenvalue weighted by Crippen LogP contribution is -2.11. The maximum Gasteiger partial charge on any atom is 0.0915 e. The summed E-state index contributed by atoms with van der Waals surface area (Å²) in [4.78, 5) is 4.52. The second-order valence-corrected chi connectivity index (χ2v) is 4.34. The van der Waals surface area contributed by atoms with Crippen LogP contribution in [-0.2, 0) is 0 Å². The molecule has 1 heterocycles. The minimum atomic E-state index is 0.653. The average molecular weight is 236 g/mol. The molecular weight excluding hydrogens is 222 g/mol. The lowest BCUT2D eigenvalue weighted by atomic mass is 10.0. The second-order valence-electron chi connectivity index (χ2n) is 3.93. The van der Waals surface area contributed by atoms with Crippen LogP contribution in [0.25, 0.3) is 10.9 Å². The molecule has 0 fully saturated rings. The second kappa shape index (κ2) is 3.92. The summed E-state index contributed by atoms with van der Waals surface area (Å²) in [7, 11) is 0. The fraction of sp³-hybridized carbons (Fsp3) is 0.250. The van der Waals surface area contributed by atoms with E-state index < -0.39 is 0 Å². The molecule has 0 spiro atoms. The third kappa shape index (κ3) is 1.52. The van der Waals surface area contributed by atoms with Gasteiger partial charge in [-0.25, -0.2) is 0 Å². The third-order valence-corrected chi connectivity index (χ3v) is 3.23. The van der Waals surface area contributed by atoms with E-state index in [1.54, 1.807) is 0 Å². The molecule has 0 atom stereocenters. The van der Waals surface area contributed by atoms with Crippen LogP contribution in [0.4, 0.5) is 5.69 Å². The lowest BCUT2D eigenvalue weighted by molar-refractivity contribution is 1.18. The molecule has 4 heteroatoms. The Morgan fingerprint density at radius 3 is 2.56 bits per heavy atom. The highest BCUT2D eigenvalue weighted by Gasteiger charge is 2.12. The molecule has 0 aliphatic carbocycles. The van der Waals surface area contributed by atoms with Gasteiger partial charge in [0, 0.05) is 11.1 Å². The lowest BCUT2D eigenvalue weighted by Gasteiger charge is -2.14. The number of pyridine rings is 1. The van der Waals surface area contributed by atoms with Crippen LogP contribution in [0.3, 0.4) is 0 Å². The van der Waals surface area contributed by atoms with Crippen molar-refractivity contribution in [3.05, 3.63) is 34.0 Å². The highest BCUT2D eigenvalue weighted by atomic mass is 35.5. The monoisotopic (exact) mass is 235 g/mol. The van der Waals surface area contributed by atoms with Crippen molar-refractivity contribution in [3.8, 4) is 0 Å². The van der Waals surface area contributed by atoms with Crippen LogP contribution >= 0.6 is 11.6 Å². The standard InChI is InChI=1S/C12H14ClN3/c1-6-4-5-9(13)12-10(6)11(16-14)7(2)8(3)15-12/h4-5H,14H2,1-3H3,(H,15,16). The average Bonchev–Trinajstić information content (AvgIpc) is 2.26.